The van der Waals surface area contributed by atoms with E-state index in [0.717, 1.165) is 28.7 Å². The first-order valence-electron chi connectivity index (χ1n) is 7.76. The molecule has 3 rings (SSSR count). The Morgan fingerprint density at radius 3 is 2.56 bits per heavy atom. The van der Waals surface area contributed by atoms with E-state index in [1.807, 2.05) is 61.5 Å². The second kappa shape index (κ2) is 7.81. The van der Waals surface area contributed by atoms with Crippen LogP contribution in [0.4, 0.5) is 5.69 Å². The van der Waals surface area contributed by atoms with Crippen LogP contribution in [0.2, 0.25) is 0 Å². The molecule has 0 aliphatic carbocycles. The van der Waals surface area contributed by atoms with Crippen molar-refractivity contribution < 1.29 is 4.79 Å². The van der Waals surface area contributed by atoms with Gasteiger partial charge in [-0.1, -0.05) is 47.7 Å². The number of anilines is 1. The molecule has 1 amide bonds. The summed E-state index contributed by atoms with van der Waals surface area (Å²) >= 11 is 1.13. The molecule has 1 heterocycles. The van der Waals surface area contributed by atoms with E-state index in [1.54, 1.807) is 12.4 Å². The average molecular weight is 351 g/mol. The second-order valence-corrected chi connectivity index (χ2v) is 6.41. The Morgan fingerprint density at radius 1 is 1.12 bits per heavy atom. The minimum atomic E-state index is -0.234. The van der Waals surface area contributed by atoms with E-state index in [9.17, 15) is 9.59 Å². The smallest absolute Gasteiger partial charge is 0.287 e. The number of hydrogen-bond acceptors (Lipinski definition) is 4. The summed E-state index contributed by atoms with van der Waals surface area (Å²) in [6.45, 7) is 1.99. The highest BCUT2D eigenvalue weighted by molar-refractivity contribution is 7.99. The lowest BCUT2D eigenvalue weighted by Gasteiger charge is -2.07. The van der Waals surface area contributed by atoms with Gasteiger partial charge in [0.2, 0.25) is 5.91 Å². The van der Waals surface area contributed by atoms with Crippen molar-refractivity contribution in [2.24, 2.45) is 0 Å². The molecule has 0 atom stereocenters. The second-order valence-electron chi connectivity index (χ2n) is 5.45. The minimum Gasteiger partial charge on any atom is -0.325 e. The van der Waals surface area contributed by atoms with Gasteiger partial charge in [0.1, 0.15) is 0 Å². The van der Waals surface area contributed by atoms with E-state index in [4.69, 9.17) is 0 Å². The van der Waals surface area contributed by atoms with Crippen molar-refractivity contribution in [1.29, 1.82) is 0 Å². The molecule has 0 aliphatic heterocycles. The van der Waals surface area contributed by atoms with Gasteiger partial charge in [0.05, 0.1) is 5.75 Å². The number of aromatic nitrogens is 2. The Balaban J connectivity index is 1.68. The van der Waals surface area contributed by atoms with Crippen LogP contribution in [0, 0.1) is 6.92 Å². The molecule has 0 radical (unpaired) electrons. The molecule has 3 aromatic rings. The van der Waals surface area contributed by atoms with Crippen molar-refractivity contribution in [2.45, 2.75) is 11.9 Å². The fourth-order valence-corrected chi connectivity index (χ4v) is 2.95. The molecule has 0 aliphatic rings. The molecule has 1 aromatic heterocycles. The normalized spacial score (nSPS) is 10.4. The summed E-state index contributed by atoms with van der Waals surface area (Å²) in [5, 5.41) is 3.11. The van der Waals surface area contributed by atoms with Crippen molar-refractivity contribution in [3.8, 4) is 5.69 Å². The highest BCUT2D eigenvalue weighted by Gasteiger charge is 2.10. The predicted octanol–water partition coefficient (Wildman–Crippen LogP) is 3.27. The maximum atomic E-state index is 12.5. The Kier molecular flexibility index (Phi) is 5.30. The number of thioether (sulfide) groups is 1. The van der Waals surface area contributed by atoms with Gasteiger partial charge in [-0.3, -0.25) is 14.2 Å². The van der Waals surface area contributed by atoms with E-state index in [0.29, 0.717) is 5.03 Å². The molecule has 25 heavy (non-hydrogen) atoms. The lowest BCUT2D eigenvalue weighted by molar-refractivity contribution is -0.113. The predicted molar refractivity (Wildman–Crippen MR) is 100 cm³/mol. The third kappa shape index (κ3) is 4.36. The van der Waals surface area contributed by atoms with Crippen molar-refractivity contribution in [3.63, 3.8) is 0 Å². The third-order valence-corrected chi connectivity index (χ3v) is 4.48. The first-order chi connectivity index (χ1) is 12.1. The third-order valence-electron chi connectivity index (χ3n) is 3.52. The van der Waals surface area contributed by atoms with Crippen LogP contribution in [0.1, 0.15) is 5.56 Å². The number of rotatable bonds is 5. The summed E-state index contributed by atoms with van der Waals surface area (Å²) in [5.74, 6) is -0.0558. The number of para-hydroxylation sites is 1. The van der Waals surface area contributed by atoms with Gasteiger partial charge in [0.25, 0.3) is 5.56 Å². The van der Waals surface area contributed by atoms with Gasteiger partial charge in [-0.25, -0.2) is 4.98 Å². The van der Waals surface area contributed by atoms with Crippen LogP contribution in [-0.4, -0.2) is 21.2 Å². The molecule has 6 heteroatoms. The van der Waals surface area contributed by atoms with Crippen LogP contribution in [0.15, 0.2) is 76.8 Å². The molecule has 0 unspecified atom stereocenters. The fourth-order valence-electron chi connectivity index (χ4n) is 2.25. The lowest BCUT2D eigenvalue weighted by atomic mass is 10.2. The molecule has 1 N–H and O–H groups in total. The summed E-state index contributed by atoms with van der Waals surface area (Å²) in [6.07, 6.45) is 3.18. The Bertz CT molecular complexity index is 921. The Labute approximate surface area is 149 Å². The summed E-state index contributed by atoms with van der Waals surface area (Å²) in [5.41, 5.74) is 2.39. The molecule has 2 aromatic carbocycles. The van der Waals surface area contributed by atoms with Crippen LogP contribution >= 0.6 is 11.8 Å². The van der Waals surface area contributed by atoms with Crippen molar-refractivity contribution in [1.82, 2.24) is 9.55 Å². The Hall–Kier alpha value is -2.86. The molecule has 126 valence electrons. The van der Waals surface area contributed by atoms with Gasteiger partial charge < -0.3 is 5.32 Å². The molecule has 0 fully saturated rings. The van der Waals surface area contributed by atoms with Crippen LogP contribution in [-0.2, 0) is 4.79 Å². The zero-order valence-electron chi connectivity index (χ0n) is 13.7. The van der Waals surface area contributed by atoms with Crippen LogP contribution in [0.5, 0.6) is 0 Å². The number of aryl methyl sites for hydroxylation is 1. The SMILES string of the molecule is Cc1ccc(NC(=O)CSc2nccn(-c3ccccc3)c2=O)cc1. The lowest BCUT2D eigenvalue weighted by Crippen LogP contribution is -2.22. The van der Waals surface area contributed by atoms with Crippen molar-refractivity contribution >= 4 is 23.4 Å². The number of nitrogens with one attached hydrogen (secondary N) is 1. The van der Waals surface area contributed by atoms with Crippen LogP contribution in [0.3, 0.4) is 0 Å². The van der Waals surface area contributed by atoms with E-state index < -0.39 is 0 Å². The van der Waals surface area contributed by atoms with Gasteiger partial charge in [0, 0.05) is 23.8 Å². The van der Waals surface area contributed by atoms with Gasteiger partial charge in [0.15, 0.2) is 5.03 Å². The quantitative estimate of drug-likeness (QED) is 0.717. The first-order valence-corrected chi connectivity index (χ1v) is 8.74. The van der Waals surface area contributed by atoms with Crippen LogP contribution in [0.25, 0.3) is 5.69 Å². The Morgan fingerprint density at radius 2 is 1.84 bits per heavy atom. The first kappa shape index (κ1) is 17.0. The molecule has 0 saturated heterocycles. The zero-order valence-corrected chi connectivity index (χ0v) is 14.5. The maximum Gasteiger partial charge on any atom is 0.287 e. The van der Waals surface area contributed by atoms with Crippen molar-refractivity contribution in [3.05, 3.63) is 82.9 Å². The molecular formula is C19H17N3O2S. The molecular weight excluding hydrogens is 334 g/mol. The number of benzene rings is 2. The number of hydrogen-bond donors (Lipinski definition) is 1. The maximum absolute atomic E-state index is 12.5. The van der Waals surface area contributed by atoms with E-state index >= 15 is 0 Å². The number of carbonyl (C=O) groups excluding carboxylic acids is 1. The summed E-state index contributed by atoms with van der Waals surface area (Å²) in [6, 6.07) is 16.9. The average Bonchev–Trinajstić information content (AvgIpc) is 2.63. The molecule has 0 spiro atoms. The highest BCUT2D eigenvalue weighted by atomic mass is 32.2. The summed E-state index contributed by atoms with van der Waals surface area (Å²) in [4.78, 5) is 28.7. The number of carbonyl (C=O) groups is 1. The largest absolute Gasteiger partial charge is 0.325 e. The minimum absolute atomic E-state index is 0.120. The van der Waals surface area contributed by atoms with Gasteiger partial charge in [-0.15, -0.1) is 0 Å². The van der Waals surface area contributed by atoms with E-state index in [1.165, 1.54) is 4.57 Å². The van der Waals surface area contributed by atoms with Gasteiger partial charge in [-0.05, 0) is 31.2 Å². The number of amides is 1. The molecule has 5 nitrogen and oxygen atoms in total. The van der Waals surface area contributed by atoms with Gasteiger partial charge in [-0.2, -0.15) is 0 Å². The number of nitrogens with zero attached hydrogens (tertiary/aromatic N) is 2. The van der Waals surface area contributed by atoms with Gasteiger partial charge >= 0.3 is 0 Å². The van der Waals surface area contributed by atoms with E-state index in [-0.39, 0.29) is 17.2 Å². The van der Waals surface area contributed by atoms with Crippen LogP contribution < -0.4 is 10.9 Å². The fraction of sp³-hybridized carbons (Fsp3) is 0.105. The van der Waals surface area contributed by atoms with Crippen molar-refractivity contribution in [2.75, 3.05) is 11.1 Å². The molecule has 0 bridgehead atoms. The van der Waals surface area contributed by atoms with E-state index in [2.05, 4.69) is 10.3 Å². The monoisotopic (exact) mass is 351 g/mol. The summed E-state index contributed by atoms with van der Waals surface area (Å²) in [7, 11) is 0. The highest BCUT2D eigenvalue weighted by Crippen LogP contribution is 2.14. The molecule has 0 saturated carbocycles. The topological polar surface area (TPSA) is 64.0 Å². The standard InChI is InChI=1S/C19H17N3O2S/c1-14-7-9-15(10-8-14)21-17(23)13-25-18-19(24)22(12-11-20-18)16-5-3-2-4-6-16/h2-12H,13H2,1H3,(H,21,23). The zero-order chi connectivity index (χ0) is 17.6. The summed E-state index contributed by atoms with van der Waals surface area (Å²) < 4.78 is 1.52.